The topological polar surface area (TPSA) is 124 Å². The molecule has 1 aromatic heterocycles. The Hall–Kier alpha value is -5.30. The van der Waals surface area contributed by atoms with Gasteiger partial charge in [-0.15, -0.1) is 0 Å². The standard InChI is InChI=1S/C44H47FN4O6Si/c1-27-42(56(3,4)45)39(22-41(52)48-25-30-12-6-5-11-29(30)19-33(48)26-50)55-44(27)36-21-34(54-2)16-17-38(36)49(43(44)53)24-28-10-9-13-32(18-28)47-40(51)20-31-23-46-37-15-8-7-14-35(31)37/h5-18,21,23,27,33,39,42,46,50H,19-20,22,24-26H2,1-4H3,(H,47,51)/t27-,33-,39+,42-,44+/m0/s1. The predicted molar refractivity (Wildman–Crippen MR) is 216 cm³/mol. The predicted octanol–water partition coefficient (Wildman–Crippen LogP) is 7.02. The fraction of sp³-hybridized carbons (Fsp3) is 0.341. The van der Waals surface area contributed by atoms with Gasteiger partial charge in [-0.3, -0.25) is 14.4 Å². The van der Waals surface area contributed by atoms with Crippen LogP contribution < -0.4 is 15.0 Å². The maximum atomic E-state index is 16.6. The molecule has 3 amide bonds. The first-order valence-corrected chi connectivity index (χ1v) is 22.1. The number of nitrogens with zero attached hydrogens (tertiary/aromatic N) is 2. The van der Waals surface area contributed by atoms with Crippen LogP contribution >= 0.6 is 0 Å². The summed E-state index contributed by atoms with van der Waals surface area (Å²) in [7, 11) is -2.01. The van der Waals surface area contributed by atoms with Crippen LogP contribution in [0.4, 0.5) is 15.5 Å². The number of amides is 3. The van der Waals surface area contributed by atoms with Crippen molar-refractivity contribution >= 4 is 48.4 Å². The lowest BCUT2D eigenvalue weighted by molar-refractivity contribution is -0.151. The fourth-order valence-corrected chi connectivity index (χ4v) is 11.9. The summed E-state index contributed by atoms with van der Waals surface area (Å²) in [6, 6.07) is 28.1. The molecule has 0 radical (unpaired) electrons. The summed E-state index contributed by atoms with van der Waals surface area (Å²) in [4.78, 5) is 49.0. The number of para-hydroxylation sites is 1. The van der Waals surface area contributed by atoms with Crippen molar-refractivity contribution < 1.29 is 33.1 Å². The largest absolute Gasteiger partial charge is 0.497 e. The highest BCUT2D eigenvalue weighted by Crippen LogP contribution is 2.61. The van der Waals surface area contributed by atoms with Crippen LogP contribution in [0.3, 0.4) is 0 Å². The molecule has 290 valence electrons. The number of aromatic nitrogens is 1. The molecule has 0 unspecified atom stereocenters. The molecule has 4 heterocycles. The van der Waals surface area contributed by atoms with Gasteiger partial charge in [0.05, 0.1) is 50.9 Å². The van der Waals surface area contributed by atoms with Crippen molar-refractivity contribution in [1.82, 2.24) is 9.88 Å². The number of methoxy groups -OCH3 is 1. The summed E-state index contributed by atoms with van der Waals surface area (Å²) in [5.41, 5.74) is 4.29. The van der Waals surface area contributed by atoms with Crippen LogP contribution in [-0.4, -0.2) is 67.0 Å². The highest BCUT2D eigenvalue weighted by Gasteiger charge is 2.67. The lowest BCUT2D eigenvalue weighted by atomic mass is 9.82. The van der Waals surface area contributed by atoms with Crippen molar-refractivity contribution in [2.45, 2.75) is 75.7 Å². The number of aliphatic hydroxyl groups excluding tert-OH is 1. The van der Waals surface area contributed by atoms with Gasteiger partial charge in [0.2, 0.25) is 20.2 Å². The second-order valence-corrected chi connectivity index (χ2v) is 19.7. The summed E-state index contributed by atoms with van der Waals surface area (Å²) >= 11 is 0. The molecule has 0 saturated carbocycles. The van der Waals surface area contributed by atoms with E-state index < -0.39 is 37.6 Å². The van der Waals surface area contributed by atoms with Crippen molar-refractivity contribution in [3.63, 3.8) is 0 Å². The van der Waals surface area contributed by atoms with Crippen molar-refractivity contribution in [2.24, 2.45) is 5.92 Å². The number of hydrogen-bond donors (Lipinski definition) is 3. The van der Waals surface area contributed by atoms with Gasteiger partial charge in [-0.05, 0) is 78.2 Å². The fourth-order valence-electron chi connectivity index (χ4n) is 9.43. The Balaban J connectivity index is 1.07. The number of halogens is 1. The van der Waals surface area contributed by atoms with Gasteiger partial charge in [0.1, 0.15) is 5.75 Å². The summed E-state index contributed by atoms with van der Waals surface area (Å²) in [6.07, 6.45) is 1.56. The Morgan fingerprint density at radius 3 is 2.57 bits per heavy atom. The monoisotopic (exact) mass is 774 g/mol. The van der Waals surface area contributed by atoms with Crippen molar-refractivity contribution in [1.29, 1.82) is 0 Å². The third kappa shape index (κ3) is 6.59. The molecule has 12 heteroatoms. The minimum Gasteiger partial charge on any atom is -0.497 e. The summed E-state index contributed by atoms with van der Waals surface area (Å²) in [5.74, 6) is -0.828. The maximum absolute atomic E-state index is 16.6. The van der Waals surface area contributed by atoms with E-state index in [0.29, 0.717) is 35.7 Å². The molecule has 0 aliphatic carbocycles. The van der Waals surface area contributed by atoms with E-state index in [-0.39, 0.29) is 43.7 Å². The number of hydrogen-bond acceptors (Lipinski definition) is 6. The van der Waals surface area contributed by atoms with Crippen molar-refractivity contribution in [3.05, 3.63) is 125 Å². The molecule has 5 aromatic rings. The van der Waals surface area contributed by atoms with Gasteiger partial charge in [0, 0.05) is 46.4 Å². The van der Waals surface area contributed by atoms with Gasteiger partial charge < -0.3 is 38.8 Å². The van der Waals surface area contributed by atoms with E-state index in [2.05, 4.69) is 10.3 Å². The zero-order valence-electron chi connectivity index (χ0n) is 32.1. The zero-order chi connectivity index (χ0) is 39.4. The Kier molecular flexibility index (Phi) is 9.84. The van der Waals surface area contributed by atoms with Gasteiger partial charge in [-0.2, -0.15) is 0 Å². The highest BCUT2D eigenvalue weighted by molar-refractivity contribution is 6.72. The number of fused-ring (bicyclic) bond motifs is 4. The molecule has 3 aliphatic heterocycles. The van der Waals surface area contributed by atoms with Crippen LogP contribution in [0.2, 0.25) is 18.6 Å². The summed E-state index contributed by atoms with van der Waals surface area (Å²) in [5, 5.41) is 14.3. The molecule has 4 aromatic carbocycles. The van der Waals surface area contributed by atoms with E-state index in [1.165, 1.54) is 0 Å². The Morgan fingerprint density at radius 1 is 1.04 bits per heavy atom. The number of nitrogens with one attached hydrogen (secondary N) is 2. The molecule has 0 bridgehead atoms. The van der Waals surface area contributed by atoms with Gasteiger partial charge in [0.25, 0.3) is 5.91 Å². The third-order valence-electron chi connectivity index (χ3n) is 12.0. The van der Waals surface area contributed by atoms with E-state index in [0.717, 1.165) is 33.2 Å². The number of rotatable bonds is 10. The first-order chi connectivity index (χ1) is 26.9. The molecular formula is C44H47FN4O6Si. The van der Waals surface area contributed by atoms with Gasteiger partial charge >= 0.3 is 0 Å². The molecule has 10 nitrogen and oxygen atoms in total. The first-order valence-electron chi connectivity index (χ1n) is 19.2. The summed E-state index contributed by atoms with van der Waals surface area (Å²) < 4.78 is 29.1. The van der Waals surface area contributed by atoms with E-state index in [9.17, 15) is 14.7 Å². The summed E-state index contributed by atoms with van der Waals surface area (Å²) in [6.45, 7) is 5.40. The second kappa shape index (κ2) is 14.6. The molecule has 3 aliphatic rings. The van der Waals surface area contributed by atoms with E-state index in [4.69, 9.17) is 9.47 Å². The minimum atomic E-state index is -3.56. The number of aliphatic hydroxyl groups is 1. The highest BCUT2D eigenvalue weighted by atomic mass is 28.4. The third-order valence-corrected chi connectivity index (χ3v) is 14.5. The van der Waals surface area contributed by atoms with Crippen LogP contribution in [-0.2, 0) is 50.7 Å². The lowest BCUT2D eigenvalue weighted by Gasteiger charge is -2.37. The zero-order valence-corrected chi connectivity index (χ0v) is 33.1. The number of H-pyrrole nitrogens is 1. The Bertz CT molecular complexity index is 2320. The van der Waals surface area contributed by atoms with Gasteiger partial charge in [-0.1, -0.05) is 61.5 Å². The molecule has 1 spiro atoms. The van der Waals surface area contributed by atoms with E-state index in [1.54, 1.807) is 42.1 Å². The normalized spacial score (nSPS) is 23.1. The van der Waals surface area contributed by atoms with Gasteiger partial charge in [-0.25, -0.2) is 0 Å². The van der Waals surface area contributed by atoms with Crippen molar-refractivity contribution in [3.8, 4) is 5.75 Å². The SMILES string of the molecule is COc1ccc2c(c1)[C@@]1(O[C@H](CC(=O)N3Cc4ccccc4C[C@H]3CO)[C@@H]([Si](C)(C)F)[C@@H]1C)C(=O)N2Cc1cccc(NC(=O)Cc2c[nH]c3ccccc23)c1. The second-order valence-electron chi connectivity index (χ2n) is 15.9. The molecular weight excluding hydrogens is 728 g/mol. The van der Waals surface area contributed by atoms with Crippen LogP contribution in [0.1, 0.15) is 41.2 Å². The molecule has 1 saturated heterocycles. The average molecular weight is 775 g/mol. The van der Waals surface area contributed by atoms with Crippen LogP contribution in [0, 0.1) is 5.92 Å². The molecule has 8 rings (SSSR count). The van der Waals surface area contributed by atoms with E-state index in [1.807, 2.05) is 92.0 Å². The molecule has 3 N–H and O–H groups in total. The number of benzene rings is 4. The minimum absolute atomic E-state index is 0.122. The maximum Gasteiger partial charge on any atom is 0.264 e. The van der Waals surface area contributed by atoms with Crippen LogP contribution in [0.15, 0.2) is 97.2 Å². The quantitative estimate of drug-likeness (QED) is 0.104. The van der Waals surface area contributed by atoms with Gasteiger partial charge in [0.15, 0.2) is 5.60 Å². The lowest BCUT2D eigenvalue weighted by Crippen LogP contribution is -2.48. The Morgan fingerprint density at radius 2 is 1.80 bits per heavy atom. The number of aromatic amines is 1. The number of anilines is 2. The Labute approximate surface area is 326 Å². The molecule has 56 heavy (non-hydrogen) atoms. The molecule has 5 atom stereocenters. The van der Waals surface area contributed by atoms with Crippen LogP contribution in [0.5, 0.6) is 5.75 Å². The van der Waals surface area contributed by atoms with Crippen molar-refractivity contribution in [2.75, 3.05) is 23.9 Å². The number of carbonyl (C=O) groups excluding carboxylic acids is 3. The number of ether oxygens (including phenoxy) is 2. The van der Waals surface area contributed by atoms with E-state index >= 15 is 8.90 Å². The average Bonchev–Trinajstić information content (AvgIpc) is 3.80. The number of carbonyl (C=O) groups is 3. The van der Waals surface area contributed by atoms with Crippen LogP contribution in [0.25, 0.3) is 10.9 Å². The first kappa shape index (κ1) is 37.6. The smallest absolute Gasteiger partial charge is 0.264 e. The molecule has 1 fully saturated rings.